The number of aryl methyl sites for hydroxylation is 1. The Kier molecular flexibility index (Phi) is 5.11. The monoisotopic (exact) mass is 353 g/mol. The van der Waals surface area contributed by atoms with Gasteiger partial charge in [0.15, 0.2) is 5.82 Å². The molecule has 2 heterocycles. The number of hydrogen-bond donors (Lipinski definition) is 2. The first-order valence-corrected chi connectivity index (χ1v) is 9.11. The zero-order valence-electron chi connectivity index (χ0n) is 15.7. The van der Waals surface area contributed by atoms with Gasteiger partial charge in [-0.1, -0.05) is 39.0 Å². The number of hydrogen-bond acceptors (Lipinski definition) is 4. The summed E-state index contributed by atoms with van der Waals surface area (Å²) in [7, 11) is 0. The van der Waals surface area contributed by atoms with Gasteiger partial charge in [-0.05, 0) is 24.3 Å². The Morgan fingerprint density at radius 1 is 1.23 bits per heavy atom. The van der Waals surface area contributed by atoms with Crippen LogP contribution in [0.3, 0.4) is 0 Å². The van der Waals surface area contributed by atoms with Crippen molar-refractivity contribution in [3.8, 4) is 0 Å². The molecule has 138 valence electrons. The van der Waals surface area contributed by atoms with Crippen LogP contribution in [0.15, 0.2) is 30.6 Å². The van der Waals surface area contributed by atoms with Crippen LogP contribution in [0.2, 0.25) is 0 Å². The van der Waals surface area contributed by atoms with E-state index >= 15 is 0 Å². The molecule has 0 unspecified atom stereocenters. The van der Waals surface area contributed by atoms with Gasteiger partial charge in [-0.3, -0.25) is 4.79 Å². The lowest BCUT2D eigenvalue weighted by atomic mass is 9.92. The summed E-state index contributed by atoms with van der Waals surface area (Å²) in [5.74, 6) is 0.585. The van der Waals surface area contributed by atoms with Gasteiger partial charge < -0.3 is 15.6 Å². The molecule has 0 aliphatic rings. The van der Waals surface area contributed by atoms with E-state index in [2.05, 4.69) is 46.7 Å². The summed E-state index contributed by atoms with van der Waals surface area (Å²) in [5, 5.41) is 4.06. The summed E-state index contributed by atoms with van der Waals surface area (Å²) >= 11 is 0. The summed E-state index contributed by atoms with van der Waals surface area (Å²) in [6, 6.07) is 7.98. The third kappa shape index (κ3) is 4.12. The lowest BCUT2D eigenvalue weighted by Crippen LogP contribution is -2.28. The SMILES string of the molecule is CC(C)(C)CC(=O)NCCCCn1cnc2c(N)nc3ccccc3c21. The van der Waals surface area contributed by atoms with Crippen molar-refractivity contribution in [2.45, 2.75) is 46.6 Å². The number of fused-ring (bicyclic) bond motifs is 3. The number of carbonyl (C=O) groups excluding carboxylic acids is 1. The number of nitrogen functional groups attached to an aromatic ring is 1. The Morgan fingerprint density at radius 2 is 2.00 bits per heavy atom. The molecular formula is C20H27N5O. The highest BCUT2D eigenvalue weighted by Gasteiger charge is 2.15. The Bertz CT molecular complexity index is 923. The molecule has 6 nitrogen and oxygen atoms in total. The third-order valence-corrected chi connectivity index (χ3v) is 4.32. The number of pyridine rings is 1. The Morgan fingerprint density at radius 3 is 2.77 bits per heavy atom. The second kappa shape index (κ2) is 7.32. The largest absolute Gasteiger partial charge is 0.382 e. The van der Waals surface area contributed by atoms with Crippen molar-refractivity contribution in [3.63, 3.8) is 0 Å². The molecule has 3 aromatic rings. The van der Waals surface area contributed by atoms with Gasteiger partial charge >= 0.3 is 0 Å². The van der Waals surface area contributed by atoms with Crippen LogP contribution in [-0.4, -0.2) is 27.0 Å². The standard InChI is InChI=1S/C20H27N5O/c1-20(2,3)12-16(26)22-10-6-7-11-25-13-23-17-18(25)14-8-4-5-9-15(14)24-19(17)21/h4-5,8-9,13H,6-7,10-12H2,1-3H3,(H2,21,24)(H,22,26). The van der Waals surface area contributed by atoms with Gasteiger partial charge in [0.1, 0.15) is 5.52 Å². The maximum Gasteiger partial charge on any atom is 0.220 e. The smallest absolute Gasteiger partial charge is 0.220 e. The molecule has 1 amide bonds. The lowest BCUT2D eigenvalue weighted by molar-refractivity contribution is -0.122. The molecule has 0 fully saturated rings. The summed E-state index contributed by atoms with van der Waals surface area (Å²) < 4.78 is 2.13. The van der Waals surface area contributed by atoms with Gasteiger partial charge in [-0.15, -0.1) is 0 Å². The van der Waals surface area contributed by atoms with Gasteiger partial charge in [0.05, 0.1) is 17.4 Å². The fourth-order valence-corrected chi connectivity index (χ4v) is 3.15. The van der Waals surface area contributed by atoms with E-state index in [0.29, 0.717) is 18.8 Å². The van der Waals surface area contributed by atoms with Crippen LogP contribution in [-0.2, 0) is 11.3 Å². The third-order valence-electron chi connectivity index (χ3n) is 4.32. The van der Waals surface area contributed by atoms with Gasteiger partial charge in [-0.2, -0.15) is 0 Å². The summed E-state index contributed by atoms with van der Waals surface area (Å²) in [5.41, 5.74) is 8.75. The molecule has 0 saturated carbocycles. The Balaban J connectivity index is 1.63. The first-order chi connectivity index (χ1) is 12.3. The average molecular weight is 353 g/mol. The summed E-state index contributed by atoms with van der Waals surface area (Å²) in [6.45, 7) is 7.75. The number of carbonyl (C=O) groups is 1. The number of anilines is 1. The van der Waals surface area contributed by atoms with E-state index in [1.165, 1.54) is 0 Å². The topological polar surface area (TPSA) is 85.8 Å². The number of rotatable bonds is 6. The van der Waals surface area contributed by atoms with Crippen molar-refractivity contribution < 1.29 is 4.79 Å². The van der Waals surface area contributed by atoms with E-state index in [1.54, 1.807) is 0 Å². The van der Waals surface area contributed by atoms with Crippen LogP contribution in [0.5, 0.6) is 0 Å². The van der Waals surface area contributed by atoms with Crippen molar-refractivity contribution >= 4 is 33.7 Å². The van der Waals surface area contributed by atoms with E-state index in [1.807, 2.05) is 24.5 Å². The number of unbranched alkanes of at least 4 members (excludes halogenated alkanes) is 1. The number of nitrogens with two attached hydrogens (primary N) is 1. The van der Waals surface area contributed by atoms with Crippen molar-refractivity contribution in [2.24, 2.45) is 5.41 Å². The Hall–Kier alpha value is -2.63. The molecule has 2 aromatic heterocycles. The molecule has 0 bridgehead atoms. The number of aromatic nitrogens is 3. The van der Waals surface area contributed by atoms with Crippen LogP contribution in [0.1, 0.15) is 40.0 Å². The highest BCUT2D eigenvalue weighted by atomic mass is 16.1. The van der Waals surface area contributed by atoms with Gasteiger partial charge in [0.2, 0.25) is 5.91 Å². The quantitative estimate of drug-likeness (QED) is 0.664. The number of benzene rings is 1. The van der Waals surface area contributed by atoms with Gasteiger partial charge in [0, 0.05) is 24.9 Å². The maximum atomic E-state index is 11.9. The average Bonchev–Trinajstić information content (AvgIpc) is 2.98. The fraction of sp³-hybridized carbons (Fsp3) is 0.450. The normalized spacial score (nSPS) is 12.0. The van der Waals surface area contributed by atoms with E-state index in [4.69, 9.17) is 5.73 Å². The van der Waals surface area contributed by atoms with Crippen molar-refractivity contribution in [2.75, 3.05) is 12.3 Å². The van der Waals surface area contributed by atoms with Crippen LogP contribution >= 0.6 is 0 Å². The molecular weight excluding hydrogens is 326 g/mol. The second-order valence-electron chi connectivity index (χ2n) is 7.94. The zero-order chi connectivity index (χ0) is 18.7. The number of nitrogens with zero attached hydrogens (tertiary/aromatic N) is 3. The molecule has 0 atom stereocenters. The van der Waals surface area contributed by atoms with Crippen LogP contribution in [0, 0.1) is 5.41 Å². The predicted molar refractivity (Wildman–Crippen MR) is 106 cm³/mol. The second-order valence-corrected chi connectivity index (χ2v) is 7.94. The van der Waals surface area contributed by atoms with Gasteiger partial charge in [-0.25, -0.2) is 9.97 Å². The zero-order valence-corrected chi connectivity index (χ0v) is 15.7. The molecule has 0 radical (unpaired) electrons. The van der Waals surface area contributed by atoms with Crippen molar-refractivity contribution in [1.82, 2.24) is 19.9 Å². The van der Waals surface area contributed by atoms with Crippen molar-refractivity contribution in [3.05, 3.63) is 30.6 Å². The van der Waals surface area contributed by atoms with E-state index in [0.717, 1.165) is 41.3 Å². The van der Waals surface area contributed by atoms with Crippen LogP contribution in [0.25, 0.3) is 21.9 Å². The minimum absolute atomic E-state index is 0.0227. The highest BCUT2D eigenvalue weighted by molar-refractivity contribution is 6.06. The fourth-order valence-electron chi connectivity index (χ4n) is 3.15. The number of imidazole rings is 1. The highest BCUT2D eigenvalue weighted by Crippen LogP contribution is 2.27. The van der Waals surface area contributed by atoms with Crippen LogP contribution < -0.4 is 11.1 Å². The minimum Gasteiger partial charge on any atom is -0.382 e. The minimum atomic E-state index is 0.0227. The first-order valence-electron chi connectivity index (χ1n) is 9.11. The molecule has 6 heteroatoms. The molecule has 0 aliphatic heterocycles. The van der Waals surface area contributed by atoms with E-state index in [-0.39, 0.29) is 11.3 Å². The molecule has 3 rings (SSSR count). The number of para-hydroxylation sites is 1. The molecule has 26 heavy (non-hydrogen) atoms. The molecule has 3 N–H and O–H groups in total. The molecule has 0 aliphatic carbocycles. The van der Waals surface area contributed by atoms with Crippen molar-refractivity contribution in [1.29, 1.82) is 0 Å². The first kappa shape index (κ1) is 18.2. The Labute approximate surface area is 153 Å². The summed E-state index contributed by atoms with van der Waals surface area (Å²) in [4.78, 5) is 20.7. The number of amides is 1. The van der Waals surface area contributed by atoms with E-state index < -0.39 is 0 Å². The van der Waals surface area contributed by atoms with E-state index in [9.17, 15) is 4.79 Å². The number of nitrogens with one attached hydrogen (secondary N) is 1. The molecule has 0 spiro atoms. The molecule has 0 saturated heterocycles. The summed E-state index contributed by atoms with van der Waals surface area (Å²) in [6.07, 6.45) is 4.26. The lowest BCUT2D eigenvalue weighted by Gasteiger charge is -2.17. The van der Waals surface area contributed by atoms with Crippen LogP contribution in [0.4, 0.5) is 5.82 Å². The van der Waals surface area contributed by atoms with Gasteiger partial charge in [0.25, 0.3) is 0 Å². The predicted octanol–water partition coefficient (Wildman–Crippen LogP) is 3.50. The molecule has 1 aromatic carbocycles. The maximum absolute atomic E-state index is 11.9.